The average Bonchev–Trinajstić information content (AvgIpc) is 3.22. The quantitative estimate of drug-likeness (QED) is 0.501. The van der Waals surface area contributed by atoms with Crippen LogP contribution in [0.2, 0.25) is 0 Å². The van der Waals surface area contributed by atoms with E-state index in [0.717, 1.165) is 21.5 Å². The van der Waals surface area contributed by atoms with Gasteiger partial charge in [0, 0.05) is 39.4 Å². The molecule has 11 heteroatoms. The van der Waals surface area contributed by atoms with Crippen LogP contribution in [0.1, 0.15) is 46.5 Å². The fraction of sp³-hybridized carbons (Fsp3) is 0.478. The van der Waals surface area contributed by atoms with Crippen LogP contribution in [-0.2, 0) is 16.6 Å². The van der Waals surface area contributed by atoms with Crippen molar-refractivity contribution in [2.24, 2.45) is 0 Å². The first-order chi connectivity index (χ1) is 16.1. The summed E-state index contributed by atoms with van der Waals surface area (Å²) in [4.78, 5) is 28.2. The number of hydrogen-bond acceptors (Lipinski definition) is 5. The van der Waals surface area contributed by atoms with Crippen molar-refractivity contribution < 1.29 is 27.9 Å². The molecule has 2 heterocycles. The summed E-state index contributed by atoms with van der Waals surface area (Å²) < 4.78 is 39.7. The maximum absolute atomic E-state index is 13.1. The van der Waals surface area contributed by atoms with Crippen LogP contribution in [0.15, 0.2) is 40.2 Å². The number of halogens is 4. The fourth-order valence-corrected chi connectivity index (χ4v) is 6.11. The number of carbonyl (C=O) groups is 2. The Morgan fingerprint density at radius 1 is 1.21 bits per heavy atom. The molecule has 184 valence electrons. The van der Waals surface area contributed by atoms with E-state index in [-0.39, 0.29) is 30.1 Å². The third-order valence-electron chi connectivity index (χ3n) is 6.50. The van der Waals surface area contributed by atoms with E-state index in [1.807, 2.05) is 11.4 Å². The molecule has 2 aromatic rings. The van der Waals surface area contributed by atoms with Crippen LogP contribution in [0.3, 0.4) is 0 Å². The van der Waals surface area contributed by atoms with Crippen molar-refractivity contribution in [2.45, 2.75) is 49.5 Å². The average molecular weight is 560 g/mol. The zero-order valence-corrected chi connectivity index (χ0v) is 20.6. The fourth-order valence-electron chi connectivity index (χ4n) is 4.52. The van der Waals surface area contributed by atoms with Crippen LogP contribution in [0.5, 0.6) is 0 Å². The lowest BCUT2D eigenvalue weighted by atomic mass is 9.80. The Labute approximate surface area is 207 Å². The molecule has 0 bridgehead atoms. The van der Waals surface area contributed by atoms with Gasteiger partial charge >= 0.3 is 6.18 Å². The Bertz CT molecular complexity index is 1050. The van der Waals surface area contributed by atoms with Crippen molar-refractivity contribution in [3.8, 4) is 0 Å². The van der Waals surface area contributed by atoms with Gasteiger partial charge in [-0.3, -0.25) is 9.59 Å². The van der Waals surface area contributed by atoms with Crippen LogP contribution in [-0.4, -0.2) is 53.5 Å². The summed E-state index contributed by atoms with van der Waals surface area (Å²) in [7, 11) is 0. The SMILES string of the molecule is O=C(NCC(=O)N(C1CCC(O)(c2cc(Br)cs2)CC1)C1CNC1)c1cccc(C(F)(F)F)c1. The molecule has 4 rings (SSSR count). The number of thiophene rings is 1. The second-order valence-electron chi connectivity index (χ2n) is 8.77. The van der Waals surface area contributed by atoms with Gasteiger partial charge in [0.1, 0.15) is 0 Å². The topological polar surface area (TPSA) is 81.7 Å². The highest BCUT2D eigenvalue weighted by Gasteiger charge is 2.41. The highest BCUT2D eigenvalue weighted by molar-refractivity contribution is 9.10. The molecule has 2 fully saturated rings. The number of alkyl halides is 3. The van der Waals surface area contributed by atoms with Gasteiger partial charge in [0.2, 0.25) is 5.91 Å². The van der Waals surface area contributed by atoms with Crippen LogP contribution < -0.4 is 10.6 Å². The summed E-state index contributed by atoms with van der Waals surface area (Å²) in [6, 6.07) is 5.96. The van der Waals surface area contributed by atoms with Gasteiger partial charge in [-0.25, -0.2) is 0 Å². The number of hydrogen-bond donors (Lipinski definition) is 3. The molecule has 0 atom stereocenters. The molecule has 1 aliphatic heterocycles. The number of carbonyl (C=O) groups excluding carboxylic acids is 2. The number of amides is 2. The molecule has 1 aromatic carbocycles. The van der Waals surface area contributed by atoms with Gasteiger partial charge in [-0.15, -0.1) is 11.3 Å². The second-order valence-corrected chi connectivity index (χ2v) is 10.6. The summed E-state index contributed by atoms with van der Waals surface area (Å²) in [5.74, 6) is -1.01. The first kappa shape index (κ1) is 25.2. The maximum Gasteiger partial charge on any atom is 0.416 e. The van der Waals surface area contributed by atoms with Crippen LogP contribution in [0, 0.1) is 0 Å². The van der Waals surface area contributed by atoms with Crippen molar-refractivity contribution in [3.63, 3.8) is 0 Å². The molecule has 1 saturated carbocycles. The lowest BCUT2D eigenvalue weighted by Crippen LogP contribution is -2.63. The molecule has 1 aromatic heterocycles. The Morgan fingerprint density at radius 3 is 2.47 bits per heavy atom. The Hall–Kier alpha value is -1.95. The third kappa shape index (κ3) is 5.48. The van der Waals surface area contributed by atoms with Gasteiger partial charge in [0.05, 0.1) is 23.8 Å². The number of benzene rings is 1. The minimum absolute atomic E-state index is 0.00923. The summed E-state index contributed by atoms with van der Waals surface area (Å²) >= 11 is 4.92. The molecule has 34 heavy (non-hydrogen) atoms. The van der Waals surface area contributed by atoms with Crippen molar-refractivity contribution in [1.82, 2.24) is 15.5 Å². The Morgan fingerprint density at radius 2 is 1.91 bits per heavy atom. The van der Waals surface area contributed by atoms with Crippen LogP contribution in [0.25, 0.3) is 0 Å². The Kier molecular flexibility index (Phi) is 7.37. The number of aliphatic hydroxyl groups is 1. The van der Waals surface area contributed by atoms with Crippen molar-refractivity contribution >= 4 is 39.1 Å². The molecule has 2 amide bonds. The van der Waals surface area contributed by atoms with Crippen molar-refractivity contribution in [1.29, 1.82) is 0 Å². The summed E-state index contributed by atoms with van der Waals surface area (Å²) in [5.41, 5.74) is -1.98. The van der Waals surface area contributed by atoms with E-state index < -0.39 is 23.2 Å². The summed E-state index contributed by atoms with van der Waals surface area (Å²) in [6.45, 7) is 0.988. The molecule has 1 aliphatic carbocycles. The van der Waals surface area contributed by atoms with Gasteiger partial charge in [0.25, 0.3) is 5.91 Å². The number of nitrogens with one attached hydrogen (secondary N) is 2. The largest absolute Gasteiger partial charge is 0.416 e. The monoisotopic (exact) mass is 559 g/mol. The van der Waals surface area contributed by atoms with E-state index in [0.29, 0.717) is 38.8 Å². The Balaban J connectivity index is 1.39. The minimum Gasteiger partial charge on any atom is -0.384 e. The third-order valence-corrected chi connectivity index (χ3v) is 8.38. The zero-order valence-electron chi connectivity index (χ0n) is 18.2. The normalized spacial score (nSPS) is 23.3. The zero-order chi connectivity index (χ0) is 24.5. The van der Waals surface area contributed by atoms with Crippen LogP contribution >= 0.6 is 27.3 Å². The summed E-state index contributed by atoms with van der Waals surface area (Å²) in [5, 5.41) is 18.7. The lowest BCUT2D eigenvalue weighted by molar-refractivity contribution is -0.139. The standard InChI is InChI=1S/C23H25BrF3N3O3S/c24-16-9-19(34-13-16)22(33)6-4-17(5-7-22)30(18-10-28-11-18)20(31)12-29-21(32)14-2-1-3-15(8-14)23(25,26)27/h1-3,8-9,13,17-18,28,33H,4-7,10-12H2,(H,29,32). The van der Waals surface area contributed by atoms with Gasteiger partial charge in [-0.2, -0.15) is 13.2 Å². The van der Waals surface area contributed by atoms with Gasteiger partial charge in [-0.05, 0) is 65.9 Å². The predicted molar refractivity (Wildman–Crippen MR) is 125 cm³/mol. The van der Waals surface area contributed by atoms with Crippen molar-refractivity contribution in [2.75, 3.05) is 19.6 Å². The highest BCUT2D eigenvalue weighted by atomic mass is 79.9. The smallest absolute Gasteiger partial charge is 0.384 e. The molecule has 2 aliphatic rings. The van der Waals surface area contributed by atoms with E-state index in [2.05, 4.69) is 26.6 Å². The van der Waals surface area contributed by atoms with E-state index in [4.69, 9.17) is 0 Å². The van der Waals surface area contributed by atoms with Gasteiger partial charge < -0.3 is 20.6 Å². The van der Waals surface area contributed by atoms with Crippen LogP contribution in [0.4, 0.5) is 13.2 Å². The maximum atomic E-state index is 13.1. The van der Waals surface area contributed by atoms with E-state index in [9.17, 15) is 27.9 Å². The molecule has 1 saturated heterocycles. The van der Waals surface area contributed by atoms with Crippen molar-refractivity contribution in [3.05, 3.63) is 56.2 Å². The minimum atomic E-state index is -4.55. The van der Waals surface area contributed by atoms with Gasteiger partial charge in [-0.1, -0.05) is 6.07 Å². The molecular weight excluding hydrogens is 535 g/mol. The molecule has 0 radical (unpaired) electrons. The molecule has 6 nitrogen and oxygen atoms in total. The molecular formula is C23H25BrF3N3O3S. The molecule has 0 unspecified atom stereocenters. The van der Waals surface area contributed by atoms with E-state index in [1.165, 1.54) is 23.5 Å². The first-order valence-electron chi connectivity index (χ1n) is 11.0. The number of nitrogens with zero attached hydrogens (tertiary/aromatic N) is 1. The lowest BCUT2D eigenvalue weighted by Gasteiger charge is -2.46. The summed E-state index contributed by atoms with van der Waals surface area (Å²) in [6.07, 6.45) is -2.27. The highest BCUT2D eigenvalue weighted by Crippen LogP contribution is 2.42. The molecule has 3 N–H and O–H groups in total. The van der Waals surface area contributed by atoms with Gasteiger partial charge in [0.15, 0.2) is 0 Å². The van der Waals surface area contributed by atoms with E-state index >= 15 is 0 Å². The van der Waals surface area contributed by atoms with E-state index in [1.54, 1.807) is 4.90 Å². The second kappa shape index (κ2) is 9.96. The predicted octanol–water partition coefficient (Wildman–Crippen LogP) is 3.89. The first-order valence-corrected chi connectivity index (χ1v) is 12.7. The molecule has 0 spiro atoms. The number of rotatable bonds is 6.